The lowest BCUT2D eigenvalue weighted by atomic mass is 10.1. The zero-order chi connectivity index (χ0) is 9.97. The number of benzene rings is 1. The summed E-state index contributed by atoms with van der Waals surface area (Å²) in [5.41, 5.74) is 1.35. The first-order valence-corrected chi connectivity index (χ1v) is 4.93. The van der Waals surface area contributed by atoms with E-state index in [1.807, 2.05) is 30.3 Å². The molecule has 70 valence electrons. The zero-order valence-electron chi connectivity index (χ0n) is 7.24. The molecular weight excluding hydrogens is 245 g/mol. The average molecular weight is 252 g/mol. The van der Waals surface area contributed by atoms with Gasteiger partial charge in [0.1, 0.15) is 0 Å². The van der Waals surface area contributed by atoms with Crippen LogP contribution in [0.15, 0.2) is 47.1 Å². The van der Waals surface area contributed by atoms with E-state index in [-0.39, 0.29) is 0 Å². The van der Waals surface area contributed by atoms with Crippen molar-refractivity contribution in [3.63, 3.8) is 0 Å². The Balaban J connectivity index is 2.57. The van der Waals surface area contributed by atoms with Gasteiger partial charge < -0.3 is 0 Å². The molecule has 0 aliphatic carbocycles. The van der Waals surface area contributed by atoms with Crippen molar-refractivity contribution in [3.8, 4) is 11.1 Å². The number of aromatic nitrogens is 1. The van der Waals surface area contributed by atoms with E-state index in [0.29, 0.717) is 5.56 Å². The van der Waals surface area contributed by atoms with Crippen molar-refractivity contribution in [2.45, 2.75) is 0 Å². The molecule has 2 rings (SSSR count). The van der Waals surface area contributed by atoms with Gasteiger partial charge in [0.25, 0.3) is 0 Å². The number of hydrogen-bond donors (Lipinski definition) is 0. The molecule has 1 aromatic heterocycles. The maximum Gasteiger partial charge on any atom is 0.220 e. The second kappa shape index (κ2) is 3.88. The summed E-state index contributed by atoms with van der Waals surface area (Å²) in [5.74, 6) is -0.445. The summed E-state index contributed by atoms with van der Waals surface area (Å²) >= 11 is 3.26. The van der Waals surface area contributed by atoms with Gasteiger partial charge in [-0.15, -0.1) is 0 Å². The molecule has 0 atom stereocenters. The third-order valence-electron chi connectivity index (χ3n) is 1.89. The van der Waals surface area contributed by atoms with Crippen LogP contribution in [0.4, 0.5) is 4.39 Å². The Hall–Kier alpha value is -1.22. The molecule has 1 heterocycles. The third-order valence-corrected chi connectivity index (χ3v) is 2.32. The van der Waals surface area contributed by atoms with Gasteiger partial charge in [-0.25, -0.2) is 4.98 Å². The van der Waals surface area contributed by atoms with Crippen molar-refractivity contribution in [3.05, 3.63) is 53.0 Å². The topological polar surface area (TPSA) is 12.9 Å². The van der Waals surface area contributed by atoms with Crippen LogP contribution in [-0.2, 0) is 0 Å². The van der Waals surface area contributed by atoms with E-state index in [9.17, 15) is 4.39 Å². The molecule has 0 aliphatic rings. The number of halogens is 2. The maximum absolute atomic E-state index is 13.3. The third kappa shape index (κ3) is 1.82. The Morgan fingerprint density at radius 2 is 1.86 bits per heavy atom. The van der Waals surface area contributed by atoms with E-state index < -0.39 is 5.95 Å². The molecule has 0 radical (unpaired) electrons. The van der Waals surface area contributed by atoms with Gasteiger partial charge in [0.2, 0.25) is 5.95 Å². The van der Waals surface area contributed by atoms with Crippen LogP contribution in [-0.4, -0.2) is 4.98 Å². The van der Waals surface area contributed by atoms with Crippen LogP contribution in [0.25, 0.3) is 11.1 Å². The fourth-order valence-electron chi connectivity index (χ4n) is 1.24. The molecule has 1 nitrogen and oxygen atoms in total. The summed E-state index contributed by atoms with van der Waals surface area (Å²) < 4.78 is 14.1. The summed E-state index contributed by atoms with van der Waals surface area (Å²) in [6.07, 6.45) is 1.45. The lowest BCUT2D eigenvalue weighted by Gasteiger charge is -2.02. The van der Waals surface area contributed by atoms with Gasteiger partial charge in [-0.3, -0.25) is 0 Å². The van der Waals surface area contributed by atoms with E-state index in [0.717, 1.165) is 10.0 Å². The second-order valence-electron chi connectivity index (χ2n) is 2.86. The quantitative estimate of drug-likeness (QED) is 0.706. The van der Waals surface area contributed by atoms with E-state index in [1.54, 1.807) is 6.07 Å². The SMILES string of the molecule is Fc1ncc(Br)cc1-c1ccccc1. The average Bonchev–Trinajstić information content (AvgIpc) is 2.23. The largest absolute Gasteiger partial charge is 0.227 e. The van der Waals surface area contributed by atoms with Gasteiger partial charge in [-0.1, -0.05) is 30.3 Å². The van der Waals surface area contributed by atoms with Crippen molar-refractivity contribution in [1.29, 1.82) is 0 Å². The van der Waals surface area contributed by atoms with Crippen LogP contribution in [0.2, 0.25) is 0 Å². The Kier molecular flexibility index (Phi) is 2.59. The molecule has 0 N–H and O–H groups in total. The predicted molar refractivity (Wildman–Crippen MR) is 57.3 cm³/mol. The Bertz CT molecular complexity index is 442. The summed E-state index contributed by atoms with van der Waals surface area (Å²) in [6, 6.07) is 11.1. The van der Waals surface area contributed by atoms with E-state index in [1.165, 1.54) is 6.20 Å². The molecule has 0 saturated carbocycles. The van der Waals surface area contributed by atoms with Crippen LogP contribution in [0.5, 0.6) is 0 Å². The van der Waals surface area contributed by atoms with E-state index >= 15 is 0 Å². The van der Waals surface area contributed by atoms with Crippen molar-refractivity contribution >= 4 is 15.9 Å². The number of hydrogen-bond acceptors (Lipinski definition) is 1. The standard InChI is InChI=1S/C11H7BrFN/c12-9-6-10(11(13)14-7-9)8-4-2-1-3-5-8/h1-7H. The number of rotatable bonds is 1. The maximum atomic E-state index is 13.3. The first kappa shape index (κ1) is 9.34. The monoisotopic (exact) mass is 251 g/mol. The highest BCUT2D eigenvalue weighted by atomic mass is 79.9. The van der Waals surface area contributed by atoms with Gasteiger partial charge >= 0.3 is 0 Å². The lowest BCUT2D eigenvalue weighted by molar-refractivity contribution is 0.587. The molecule has 2 aromatic rings. The highest BCUT2D eigenvalue weighted by Crippen LogP contribution is 2.23. The molecule has 14 heavy (non-hydrogen) atoms. The summed E-state index contributed by atoms with van der Waals surface area (Å²) in [4.78, 5) is 3.64. The predicted octanol–water partition coefficient (Wildman–Crippen LogP) is 3.65. The smallest absolute Gasteiger partial charge is 0.220 e. The fourth-order valence-corrected chi connectivity index (χ4v) is 1.57. The minimum Gasteiger partial charge on any atom is -0.227 e. The van der Waals surface area contributed by atoms with Crippen LogP contribution in [0.3, 0.4) is 0 Å². The lowest BCUT2D eigenvalue weighted by Crippen LogP contribution is -1.88. The second-order valence-corrected chi connectivity index (χ2v) is 3.77. The molecule has 0 aliphatic heterocycles. The minimum atomic E-state index is -0.445. The van der Waals surface area contributed by atoms with Gasteiger partial charge in [-0.05, 0) is 27.6 Å². The van der Waals surface area contributed by atoms with Crippen molar-refractivity contribution in [1.82, 2.24) is 4.98 Å². The van der Waals surface area contributed by atoms with Gasteiger partial charge in [0.15, 0.2) is 0 Å². The van der Waals surface area contributed by atoms with Crippen molar-refractivity contribution in [2.24, 2.45) is 0 Å². The van der Waals surface area contributed by atoms with E-state index in [2.05, 4.69) is 20.9 Å². The van der Waals surface area contributed by atoms with Crippen LogP contribution in [0, 0.1) is 5.95 Å². The molecule has 3 heteroatoms. The van der Waals surface area contributed by atoms with E-state index in [4.69, 9.17) is 0 Å². The molecule has 0 amide bonds. The zero-order valence-corrected chi connectivity index (χ0v) is 8.83. The highest BCUT2D eigenvalue weighted by Gasteiger charge is 2.05. The molecule has 0 unspecified atom stereocenters. The minimum absolute atomic E-state index is 0.445. The summed E-state index contributed by atoms with van der Waals surface area (Å²) in [5, 5.41) is 0. The Morgan fingerprint density at radius 3 is 2.57 bits per heavy atom. The van der Waals surface area contributed by atoms with Crippen molar-refractivity contribution < 1.29 is 4.39 Å². The number of nitrogens with zero attached hydrogens (tertiary/aromatic N) is 1. The van der Waals surface area contributed by atoms with Gasteiger partial charge in [0.05, 0.1) is 0 Å². The summed E-state index contributed by atoms with van der Waals surface area (Å²) in [6.45, 7) is 0. The first-order chi connectivity index (χ1) is 6.77. The Morgan fingerprint density at radius 1 is 1.14 bits per heavy atom. The molecular formula is C11H7BrFN. The molecule has 0 spiro atoms. The Labute approximate surface area is 89.7 Å². The molecule has 1 aromatic carbocycles. The van der Waals surface area contributed by atoms with Crippen LogP contribution in [0.1, 0.15) is 0 Å². The fraction of sp³-hybridized carbons (Fsp3) is 0. The van der Waals surface area contributed by atoms with Crippen LogP contribution < -0.4 is 0 Å². The molecule has 0 fully saturated rings. The first-order valence-electron chi connectivity index (χ1n) is 4.14. The summed E-state index contributed by atoms with van der Waals surface area (Å²) in [7, 11) is 0. The normalized spacial score (nSPS) is 10.1. The van der Waals surface area contributed by atoms with Crippen molar-refractivity contribution in [2.75, 3.05) is 0 Å². The highest BCUT2D eigenvalue weighted by molar-refractivity contribution is 9.10. The molecule has 0 saturated heterocycles. The number of pyridine rings is 1. The molecule has 0 bridgehead atoms. The van der Waals surface area contributed by atoms with Gasteiger partial charge in [0, 0.05) is 16.2 Å². The van der Waals surface area contributed by atoms with Crippen LogP contribution >= 0.6 is 15.9 Å². The van der Waals surface area contributed by atoms with Gasteiger partial charge in [-0.2, -0.15) is 4.39 Å².